The summed E-state index contributed by atoms with van der Waals surface area (Å²) >= 11 is 0. The average Bonchev–Trinajstić information content (AvgIpc) is 2.88. The number of hydrogen-bond donors (Lipinski definition) is 1. The van der Waals surface area contributed by atoms with E-state index in [1.54, 1.807) is 32.3 Å². The molecule has 9 heteroatoms. The molecular weight excluding hydrogens is 522 g/mol. The molecule has 3 aromatic rings. The summed E-state index contributed by atoms with van der Waals surface area (Å²) in [7, 11) is 1.71. The predicted molar refractivity (Wildman–Crippen MR) is 85.9 cm³/mol. The van der Waals surface area contributed by atoms with Gasteiger partial charge in [0.25, 0.3) is 0 Å². The van der Waals surface area contributed by atoms with Gasteiger partial charge >= 0.3 is 5.97 Å². The van der Waals surface area contributed by atoms with Gasteiger partial charge in [-0.1, -0.05) is 23.3 Å². The van der Waals surface area contributed by atoms with Gasteiger partial charge in [-0.2, -0.15) is 5.10 Å². The van der Waals surface area contributed by atoms with Crippen molar-refractivity contribution in [2.75, 3.05) is 0 Å². The summed E-state index contributed by atoms with van der Waals surface area (Å²) in [5, 5.41) is 12.2. The molecule has 1 N–H and O–H groups in total. The Morgan fingerprint density at radius 1 is 1.27 bits per heavy atom. The second-order valence-corrected chi connectivity index (χ2v) is 5.21. The first-order valence-electron chi connectivity index (χ1n) is 7.18. The van der Waals surface area contributed by atoms with E-state index in [-0.39, 0.29) is 31.4 Å². The molecule has 0 aliphatic heterocycles. The van der Waals surface area contributed by atoms with Crippen molar-refractivity contribution < 1.29 is 38.8 Å². The van der Waals surface area contributed by atoms with Crippen LogP contribution in [0.3, 0.4) is 0 Å². The van der Waals surface area contributed by atoms with Crippen LogP contribution in [0.4, 0.5) is 8.78 Å². The minimum Gasteiger partial charge on any atom is -0.476 e. The molecule has 1 radical (unpaired) electrons. The maximum Gasteiger partial charge on any atom is 0.356 e. The van der Waals surface area contributed by atoms with Gasteiger partial charge in [0.05, 0.1) is 0 Å². The monoisotopic (exact) mass is 538 g/mol. The fourth-order valence-corrected chi connectivity index (χ4v) is 1.89. The van der Waals surface area contributed by atoms with Gasteiger partial charge in [0.15, 0.2) is 5.69 Å². The minimum atomic E-state index is -0.983. The van der Waals surface area contributed by atoms with Crippen molar-refractivity contribution in [3.05, 3.63) is 65.4 Å². The number of halogens is 2. The van der Waals surface area contributed by atoms with E-state index in [0.717, 1.165) is 17.3 Å². The number of aromatic carboxylic acids is 1. The summed E-state index contributed by atoms with van der Waals surface area (Å²) in [4.78, 5) is 17.3. The summed E-state index contributed by atoms with van der Waals surface area (Å²) in [5.41, 5.74) is 2.37. The fraction of sp³-hybridized carbons (Fsp3) is 0.176. The normalized spacial score (nSPS) is 9.73. The van der Waals surface area contributed by atoms with Crippen molar-refractivity contribution in [2.45, 2.75) is 13.8 Å². The molecule has 0 spiro atoms. The Morgan fingerprint density at radius 2 is 1.96 bits per heavy atom. The molecule has 0 unspecified atom stereocenters. The van der Waals surface area contributed by atoms with E-state index in [2.05, 4.69) is 21.1 Å². The van der Waals surface area contributed by atoms with Gasteiger partial charge in [-0.15, -0.1) is 6.07 Å². The van der Waals surface area contributed by atoms with Crippen LogP contribution >= 0.6 is 0 Å². The summed E-state index contributed by atoms with van der Waals surface area (Å²) in [5.74, 6) is -2.76. The summed E-state index contributed by atoms with van der Waals surface area (Å²) in [6.45, 7) is 3.67. The first kappa shape index (κ1) is 21.5. The van der Waals surface area contributed by atoms with Gasteiger partial charge in [-0.25, -0.2) is 13.6 Å². The molecule has 0 aromatic carbocycles. The van der Waals surface area contributed by atoms with Crippen LogP contribution in [0.25, 0.3) is 11.3 Å². The molecule has 0 saturated heterocycles. The van der Waals surface area contributed by atoms with Gasteiger partial charge in [-0.05, 0) is 31.7 Å². The van der Waals surface area contributed by atoms with Gasteiger partial charge < -0.3 is 10.1 Å². The second-order valence-electron chi connectivity index (χ2n) is 5.21. The zero-order valence-electron chi connectivity index (χ0n) is 14.1. The first-order valence-corrected chi connectivity index (χ1v) is 7.18. The van der Waals surface area contributed by atoms with E-state index in [4.69, 9.17) is 5.11 Å². The summed E-state index contributed by atoms with van der Waals surface area (Å²) in [6, 6.07) is 8.47. The van der Waals surface area contributed by atoms with Crippen molar-refractivity contribution in [1.29, 1.82) is 0 Å². The molecule has 0 amide bonds. The van der Waals surface area contributed by atoms with E-state index in [0.29, 0.717) is 5.69 Å². The number of carboxylic acid groups (broad SMARTS) is 1. The minimum absolute atomic E-state index is 0. The Bertz CT molecular complexity index is 896. The number of carboxylic acids is 1. The molecule has 139 valence electrons. The molecule has 0 aliphatic carbocycles. The van der Waals surface area contributed by atoms with Crippen molar-refractivity contribution in [3.8, 4) is 11.3 Å². The maximum atomic E-state index is 13.2. The van der Waals surface area contributed by atoms with Crippen LogP contribution in [-0.4, -0.2) is 30.8 Å². The Labute approximate surface area is 162 Å². The molecule has 26 heavy (non-hydrogen) atoms. The quantitative estimate of drug-likeness (QED) is 0.402. The standard InChI is InChI=1S/C11H7F2N2.C6H8N2O2.Ir/c1-7-4-5-14-9(6-7)8-2-3-10(12)15-11(8)13;1-4-3-5(6(9)10)7-8(4)2;/h3-6H,1H3;3H,1-2H3,(H,9,10);/q-1;;. The first-order chi connectivity index (χ1) is 11.8. The van der Waals surface area contributed by atoms with E-state index < -0.39 is 17.9 Å². The van der Waals surface area contributed by atoms with Crippen LogP contribution in [0.2, 0.25) is 0 Å². The van der Waals surface area contributed by atoms with Gasteiger partial charge in [0.1, 0.15) is 11.9 Å². The molecule has 0 fully saturated rings. The van der Waals surface area contributed by atoms with Crippen LogP contribution < -0.4 is 0 Å². The molecule has 3 rings (SSSR count). The third-order valence-electron chi connectivity index (χ3n) is 3.25. The molecule has 0 bridgehead atoms. The van der Waals surface area contributed by atoms with Crippen molar-refractivity contribution in [2.24, 2.45) is 7.05 Å². The number of nitrogens with zero attached hydrogens (tertiary/aromatic N) is 4. The van der Waals surface area contributed by atoms with Crippen LogP contribution in [0.15, 0.2) is 30.5 Å². The topological polar surface area (TPSA) is 80.9 Å². The maximum absolute atomic E-state index is 13.2. The molecule has 0 aliphatic rings. The van der Waals surface area contributed by atoms with E-state index in [1.165, 1.54) is 10.7 Å². The average molecular weight is 538 g/mol. The van der Waals surface area contributed by atoms with Crippen molar-refractivity contribution in [3.63, 3.8) is 0 Å². The zero-order chi connectivity index (χ0) is 18.6. The molecule has 6 nitrogen and oxygen atoms in total. The second kappa shape index (κ2) is 9.26. The van der Waals surface area contributed by atoms with E-state index in [1.807, 2.05) is 6.92 Å². The van der Waals surface area contributed by atoms with E-state index >= 15 is 0 Å². The Morgan fingerprint density at radius 3 is 2.42 bits per heavy atom. The molecule has 0 atom stereocenters. The van der Waals surface area contributed by atoms with Gasteiger partial charge in [0.2, 0.25) is 0 Å². The predicted octanol–water partition coefficient (Wildman–Crippen LogP) is 2.95. The van der Waals surface area contributed by atoms with Crippen LogP contribution in [0.1, 0.15) is 21.7 Å². The Kier molecular flexibility index (Phi) is 7.67. The largest absolute Gasteiger partial charge is 0.476 e. The smallest absolute Gasteiger partial charge is 0.356 e. The third kappa shape index (κ3) is 5.50. The molecule has 3 aromatic heterocycles. The van der Waals surface area contributed by atoms with Crippen molar-refractivity contribution in [1.82, 2.24) is 19.7 Å². The summed E-state index contributed by atoms with van der Waals surface area (Å²) < 4.78 is 27.3. The third-order valence-corrected chi connectivity index (χ3v) is 3.25. The number of rotatable bonds is 2. The van der Waals surface area contributed by atoms with Crippen LogP contribution in [0, 0.1) is 31.8 Å². The van der Waals surface area contributed by atoms with Crippen LogP contribution in [-0.2, 0) is 27.2 Å². The SMILES string of the molecule is Cc1cc(C(=O)O)nn1C.Cc1ccnc(-c2[c-]cc(F)nc2F)c1.[Ir]. The fourth-order valence-electron chi connectivity index (χ4n) is 1.89. The van der Waals surface area contributed by atoms with Gasteiger partial charge in [0, 0.05) is 39.0 Å². The number of hydrogen-bond acceptors (Lipinski definition) is 4. The molecular formula is C17H15F2IrN4O2-. The van der Waals surface area contributed by atoms with Crippen molar-refractivity contribution >= 4 is 5.97 Å². The Hall–Kier alpha value is -2.51. The van der Waals surface area contributed by atoms with Gasteiger partial charge in [-0.3, -0.25) is 9.67 Å². The number of aryl methyl sites for hydroxylation is 3. The zero-order valence-corrected chi connectivity index (χ0v) is 16.5. The Balaban J connectivity index is 0.000000270. The summed E-state index contributed by atoms with van der Waals surface area (Å²) in [6.07, 6.45) is 1.56. The number of pyridine rings is 2. The number of carbonyl (C=O) groups is 1. The number of aromatic nitrogens is 4. The molecule has 0 saturated carbocycles. The van der Waals surface area contributed by atoms with Crippen LogP contribution in [0.5, 0.6) is 0 Å². The van der Waals surface area contributed by atoms with E-state index in [9.17, 15) is 13.6 Å². The molecule has 3 heterocycles.